The first-order valence-electron chi connectivity index (χ1n) is 6.78. The van der Waals surface area contributed by atoms with Gasteiger partial charge in [-0.3, -0.25) is 0 Å². The minimum absolute atomic E-state index is 0.137. The molecular formula is C15H22FN. The van der Waals surface area contributed by atoms with Gasteiger partial charge in [0, 0.05) is 6.04 Å². The second-order valence-corrected chi connectivity index (χ2v) is 5.06. The van der Waals surface area contributed by atoms with Crippen LogP contribution in [0.5, 0.6) is 0 Å². The highest BCUT2D eigenvalue weighted by molar-refractivity contribution is 5.19. The van der Waals surface area contributed by atoms with Gasteiger partial charge in [-0.15, -0.1) is 0 Å². The molecule has 1 aliphatic carbocycles. The van der Waals surface area contributed by atoms with Crippen LogP contribution >= 0.6 is 0 Å². The minimum atomic E-state index is -0.137. The average Bonchev–Trinajstić information content (AvgIpc) is 2.27. The Kier molecular flexibility index (Phi) is 4.55. The zero-order valence-corrected chi connectivity index (χ0v) is 10.6. The number of nitrogens with one attached hydrogen (secondary N) is 1. The monoisotopic (exact) mass is 235 g/mol. The molecule has 94 valence electrons. The first-order valence-corrected chi connectivity index (χ1v) is 6.78. The van der Waals surface area contributed by atoms with E-state index in [4.69, 9.17) is 0 Å². The van der Waals surface area contributed by atoms with Crippen LogP contribution < -0.4 is 5.32 Å². The quantitative estimate of drug-likeness (QED) is 0.784. The van der Waals surface area contributed by atoms with Crippen LogP contribution in [-0.2, 0) is 0 Å². The van der Waals surface area contributed by atoms with Gasteiger partial charge in [-0.05, 0) is 43.0 Å². The molecule has 1 fully saturated rings. The molecule has 0 amide bonds. The summed E-state index contributed by atoms with van der Waals surface area (Å²) in [4.78, 5) is 0. The lowest BCUT2D eigenvalue weighted by molar-refractivity contribution is 0.287. The molecule has 2 heteroatoms. The van der Waals surface area contributed by atoms with Crippen molar-refractivity contribution in [3.05, 3.63) is 35.6 Å². The van der Waals surface area contributed by atoms with E-state index in [1.54, 1.807) is 12.1 Å². The molecule has 1 atom stereocenters. The van der Waals surface area contributed by atoms with Crippen molar-refractivity contribution in [1.29, 1.82) is 0 Å². The molecule has 0 saturated heterocycles. The Hall–Kier alpha value is -0.890. The van der Waals surface area contributed by atoms with Crippen LogP contribution in [0.3, 0.4) is 0 Å². The Bertz CT molecular complexity index is 347. The highest BCUT2D eigenvalue weighted by Gasteiger charge is 2.17. The molecule has 0 heterocycles. The normalized spacial score (nSPS) is 17.8. The van der Waals surface area contributed by atoms with Crippen molar-refractivity contribution in [2.24, 2.45) is 5.92 Å². The van der Waals surface area contributed by atoms with E-state index in [-0.39, 0.29) is 5.82 Å². The number of rotatable bonds is 6. The molecule has 2 rings (SSSR count). The third kappa shape index (κ3) is 3.53. The molecule has 1 aliphatic rings. The smallest absolute Gasteiger partial charge is 0.123 e. The summed E-state index contributed by atoms with van der Waals surface area (Å²) in [6.45, 7) is 3.20. The number of benzene rings is 1. The van der Waals surface area contributed by atoms with Crippen molar-refractivity contribution < 1.29 is 4.39 Å². The molecule has 0 aliphatic heterocycles. The van der Waals surface area contributed by atoms with E-state index in [1.165, 1.54) is 31.7 Å². The topological polar surface area (TPSA) is 12.0 Å². The highest BCUT2D eigenvalue weighted by atomic mass is 19.1. The van der Waals surface area contributed by atoms with Gasteiger partial charge >= 0.3 is 0 Å². The van der Waals surface area contributed by atoms with Gasteiger partial charge in [-0.2, -0.15) is 0 Å². The average molecular weight is 235 g/mol. The minimum Gasteiger partial charge on any atom is -0.310 e. The lowest BCUT2D eigenvalue weighted by Crippen LogP contribution is -2.25. The predicted octanol–water partition coefficient (Wildman–Crippen LogP) is 4.06. The van der Waals surface area contributed by atoms with Gasteiger partial charge in [-0.25, -0.2) is 4.39 Å². The van der Waals surface area contributed by atoms with E-state index in [0.717, 1.165) is 24.4 Å². The van der Waals surface area contributed by atoms with E-state index in [1.807, 2.05) is 6.07 Å². The summed E-state index contributed by atoms with van der Waals surface area (Å²) in [7, 11) is 0. The molecular weight excluding hydrogens is 213 g/mol. The third-order valence-corrected chi connectivity index (χ3v) is 3.83. The second kappa shape index (κ2) is 6.15. The van der Waals surface area contributed by atoms with Crippen molar-refractivity contribution in [1.82, 2.24) is 5.32 Å². The molecule has 1 unspecified atom stereocenters. The fourth-order valence-corrected chi connectivity index (χ4v) is 2.46. The van der Waals surface area contributed by atoms with Crippen molar-refractivity contribution in [2.45, 2.75) is 45.1 Å². The summed E-state index contributed by atoms with van der Waals surface area (Å²) in [6.07, 6.45) is 6.49. The molecule has 17 heavy (non-hydrogen) atoms. The molecule has 1 aromatic rings. The third-order valence-electron chi connectivity index (χ3n) is 3.83. The van der Waals surface area contributed by atoms with Gasteiger partial charge < -0.3 is 5.32 Å². The first-order chi connectivity index (χ1) is 8.29. The number of halogens is 1. The SMILES string of the molecule is CCC(NCCC1CCC1)c1cccc(F)c1. The van der Waals surface area contributed by atoms with Crippen molar-refractivity contribution in [3.63, 3.8) is 0 Å². The zero-order valence-electron chi connectivity index (χ0n) is 10.6. The lowest BCUT2D eigenvalue weighted by atomic mass is 9.83. The molecule has 1 nitrogen and oxygen atoms in total. The van der Waals surface area contributed by atoms with E-state index in [0.29, 0.717) is 6.04 Å². The zero-order chi connectivity index (χ0) is 12.1. The maximum Gasteiger partial charge on any atom is 0.123 e. The van der Waals surface area contributed by atoms with Crippen LogP contribution in [0.25, 0.3) is 0 Å². The number of hydrogen-bond acceptors (Lipinski definition) is 1. The maximum absolute atomic E-state index is 13.2. The van der Waals surface area contributed by atoms with Crippen LogP contribution in [0.2, 0.25) is 0 Å². The Balaban J connectivity index is 1.82. The van der Waals surface area contributed by atoms with Crippen LogP contribution in [0, 0.1) is 11.7 Å². The fraction of sp³-hybridized carbons (Fsp3) is 0.600. The molecule has 0 aromatic heterocycles. The van der Waals surface area contributed by atoms with Crippen LogP contribution in [0.4, 0.5) is 4.39 Å². The predicted molar refractivity (Wildman–Crippen MR) is 69.4 cm³/mol. The lowest BCUT2D eigenvalue weighted by Gasteiger charge is -2.26. The summed E-state index contributed by atoms with van der Waals surface area (Å²) >= 11 is 0. The molecule has 0 spiro atoms. The summed E-state index contributed by atoms with van der Waals surface area (Å²) in [6, 6.07) is 7.25. The number of hydrogen-bond donors (Lipinski definition) is 1. The first kappa shape index (κ1) is 12.6. The Morgan fingerprint density at radius 3 is 2.82 bits per heavy atom. The molecule has 1 saturated carbocycles. The van der Waals surface area contributed by atoms with Crippen molar-refractivity contribution in [3.8, 4) is 0 Å². The summed E-state index contributed by atoms with van der Waals surface area (Å²) in [5, 5.41) is 3.55. The van der Waals surface area contributed by atoms with Gasteiger partial charge in [0.2, 0.25) is 0 Å². The van der Waals surface area contributed by atoms with Crippen LogP contribution in [0.15, 0.2) is 24.3 Å². The molecule has 1 aromatic carbocycles. The summed E-state index contributed by atoms with van der Waals surface area (Å²) in [5.74, 6) is 0.800. The summed E-state index contributed by atoms with van der Waals surface area (Å²) < 4.78 is 13.2. The van der Waals surface area contributed by atoms with Gasteiger partial charge in [0.15, 0.2) is 0 Å². The fourth-order valence-electron chi connectivity index (χ4n) is 2.46. The highest BCUT2D eigenvalue weighted by Crippen LogP contribution is 2.29. The standard InChI is InChI=1S/C15H22FN/c1-2-15(13-7-4-8-14(16)11-13)17-10-9-12-5-3-6-12/h4,7-8,11-12,15,17H,2-3,5-6,9-10H2,1H3. The molecule has 0 bridgehead atoms. The van der Waals surface area contributed by atoms with Crippen LogP contribution in [-0.4, -0.2) is 6.54 Å². The van der Waals surface area contributed by atoms with Crippen molar-refractivity contribution >= 4 is 0 Å². The summed E-state index contributed by atoms with van der Waals surface area (Å²) in [5.41, 5.74) is 1.07. The van der Waals surface area contributed by atoms with Crippen LogP contribution in [0.1, 0.15) is 50.6 Å². The van der Waals surface area contributed by atoms with E-state index in [9.17, 15) is 4.39 Å². The Morgan fingerprint density at radius 2 is 2.24 bits per heavy atom. The van der Waals surface area contributed by atoms with E-state index in [2.05, 4.69) is 12.2 Å². The second-order valence-electron chi connectivity index (χ2n) is 5.06. The van der Waals surface area contributed by atoms with Gasteiger partial charge in [0.1, 0.15) is 5.82 Å². The van der Waals surface area contributed by atoms with Gasteiger partial charge in [0.25, 0.3) is 0 Å². The Morgan fingerprint density at radius 1 is 1.41 bits per heavy atom. The molecule has 0 radical (unpaired) electrons. The maximum atomic E-state index is 13.2. The molecule has 1 N–H and O–H groups in total. The largest absolute Gasteiger partial charge is 0.310 e. The Labute approximate surface area is 103 Å². The van der Waals surface area contributed by atoms with Gasteiger partial charge in [0.05, 0.1) is 0 Å². The van der Waals surface area contributed by atoms with Gasteiger partial charge in [-0.1, -0.05) is 38.3 Å². The van der Waals surface area contributed by atoms with Crippen molar-refractivity contribution in [2.75, 3.05) is 6.54 Å². The van der Waals surface area contributed by atoms with E-state index >= 15 is 0 Å². The van der Waals surface area contributed by atoms with E-state index < -0.39 is 0 Å².